The molecule has 1 aliphatic rings. The average Bonchev–Trinajstić information content (AvgIpc) is 2.66. The van der Waals surface area contributed by atoms with Gasteiger partial charge >= 0.3 is 12.1 Å². The minimum atomic E-state index is -0.705. The molecule has 126 valence electrons. The summed E-state index contributed by atoms with van der Waals surface area (Å²) in [6, 6.07) is 18.3. The first-order chi connectivity index (χ1) is 12.2. The number of ether oxygens (including phenoxy) is 1. The van der Waals surface area contributed by atoms with Crippen molar-refractivity contribution in [3.8, 4) is 0 Å². The van der Waals surface area contributed by atoms with Crippen LogP contribution in [0.2, 0.25) is 0 Å². The van der Waals surface area contributed by atoms with Crippen LogP contribution >= 0.6 is 0 Å². The highest BCUT2D eigenvalue weighted by Gasteiger charge is 2.25. The topological polar surface area (TPSA) is 58.6 Å². The lowest BCUT2D eigenvalue weighted by molar-refractivity contribution is 0.114. The monoisotopic (exact) mass is 334 g/mol. The van der Waals surface area contributed by atoms with E-state index < -0.39 is 12.1 Å². The normalized spacial score (nSPS) is 16.7. The fourth-order valence-electron chi connectivity index (χ4n) is 2.33. The summed E-state index contributed by atoms with van der Waals surface area (Å²) in [6.45, 7) is 0.120. The van der Waals surface area contributed by atoms with E-state index in [0.717, 1.165) is 16.0 Å². The van der Waals surface area contributed by atoms with E-state index >= 15 is 0 Å². The van der Waals surface area contributed by atoms with Gasteiger partial charge in [-0.3, -0.25) is 0 Å². The number of rotatable bonds is 4. The van der Waals surface area contributed by atoms with Crippen molar-refractivity contribution >= 4 is 18.2 Å². The van der Waals surface area contributed by atoms with Crippen molar-refractivity contribution in [3.05, 3.63) is 90.1 Å². The lowest BCUT2D eigenvalue weighted by Gasteiger charge is -2.24. The Morgan fingerprint density at radius 3 is 2.44 bits per heavy atom. The summed E-state index contributed by atoms with van der Waals surface area (Å²) in [5.41, 5.74) is 1.90. The Morgan fingerprint density at radius 1 is 1.08 bits per heavy atom. The molecule has 0 fully saturated rings. The second-order valence-corrected chi connectivity index (χ2v) is 5.50. The van der Waals surface area contributed by atoms with Gasteiger partial charge in [-0.25, -0.2) is 14.5 Å². The van der Waals surface area contributed by atoms with E-state index in [1.54, 1.807) is 6.08 Å². The number of benzene rings is 2. The van der Waals surface area contributed by atoms with Crippen LogP contribution < -0.4 is 5.32 Å². The predicted octanol–water partition coefficient (Wildman–Crippen LogP) is 3.94. The third-order valence-corrected chi connectivity index (χ3v) is 3.65. The van der Waals surface area contributed by atoms with E-state index in [0.29, 0.717) is 0 Å². The summed E-state index contributed by atoms with van der Waals surface area (Å²) in [4.78, 5) is 25.1. The molecule has 1 atom stereocenters. The zero-order chi connectivity index (χ0) is 17.5. The highest BCUT2D eigenvalue weighted by Crippen LogP contribution is 2.10. The van der Waals surface area contributed by atoms with Crippen LogP contribution in [0.25, 0.3) is 6.08 Å². The number of carbonyl (C=O) groups is 2. The SMILES string of the molecule is O=C1NC(/C=C/c2ccccc2)C=CN1C(=O)OCc1ccccc1. The molecule has 1 N–H and O–H groups in total. The molecule has 0 spiro atoms. The number of amides is 3. The first kappa shape index (κ1) is 16.5. The molecule has 0 saturated heterocycles. The molecule has 2 aromatic carbocycles. The van der Waals surface area contributed by atoms with Crippen LogP contribution in [0, 0.1) is 0 Å². The molecule has 3 rings (SSSR count). The molecular weight excluding hydrogens is 316 g/mol. The van der Waals surface area contributed by atoms with Gasteiger partial charge in [0.2, 0.25) is 0 Å². The second-order valence-electron chi connectivity index (χ2n) is 5.50. The number of hydrogen-bond acceptors (Lipinski definition) is 3. The number of carbonyl (C=O) groups excluding carboxylic acids is 2. The van der Waals surface area contributed by atoms with Crippen molar-refractivity contribution in [2.45, 2.75) is 12.6 Å². The van der Waals surface area contributed by atoms with Gasteiger partial charge in [0.15, 0.2) is 0 Å². The maximum Gasteiger partial charge on any atom is 0.422 e. The zero-order valence-corrected chi connectivity index (χ0v) is 13.5. The van der Waals surface area contributed by atoms with E-state index in [1.807, 2.05) is 72.8 Å². The standard InChI is InChI=1S/C20H18N2O3/c23-19-21-18(12-11-16-7-3-1-4-8-16)13-14-22(19)20(24)25-15-17-9-5-2-6-10-17/h1-14,18H,15H2,(H,21,23)/b12-11+. The predicted molar refractivity (Wildman–Crippen MR) is 95.4 cm³/mol. The Kier molecular flexibility index (Phi) is 5.26. The summed E-state index contributed by atoms with van der Waals surface area (Å²) in [5, 5.41) is 2.73. The summed E-state index contributed by atoms with van der Waals surface area (Å²) in [6.07, 6.45) is 6.23. The van der Waals surface area contributed by atoms with Crippen LogP contribution in [0.3, 0.4) is 0 Å². The second kappa shape index (κ2) is 7.97. The molecule has 5 nitrogen and oxygen atoms in total. The summed E-state index contributed by atoms with van der Waals surface area (Å²) >= 11 is 0. The first-order valence-corrected chi connectivity index (χ1v) is 7.94. The maximum absolute atomic E-state index is 12.1. The zero-order valence-electron chi connectivity index (χ0n) is 13.5. The van der Waals surface area contributed by atoms with Crippen molar-refractivity contribution in [3.63, 3.8) is 0 Å². The average molecular weight is 334 g/mol. The van der Waals surface area contributed by atoms with Crippen molar-refractivity contribution in [2.24, 2.45) is 0 Å². The largest absolute Gasteiger partial charge is 0.444 e. The minimum Gasteiger partial charge on any atom is -0.444 e. The molecule has 5 heteroatoms. The molecule has 1 aliphatic heterocycles. The molecule has 0 aliphatic carbocycles. The van der Waals surface area contributed by atoms with Crippen molar-refractivity contribution in [1.29, 1.82) is 0 Å². The highest BCUT2D eigenvalue weighted by molar-refractivity contribution is 5.93. The van der Waals surface area contributed by atoms with E-state index in [4.69, 9.17) is 4.74 Å². The van der Waals surface area contributed by atoms with Gasteiger partial charge < -0.3 is 10.1 Å². The van der Waals surface area contributed by atoms with Gasteiger partial charge in [0.1, 0.15) is 6.61 Å². The Bertz CT molecular complexity index is 785. The van der Waals surface area contributed by atoms with Gasteiger partial charge in [-0.05, 0) is 17.2 Å². The number of imide groups is 1. The summed E-state index contributed by atoms with van der Waals surface area (Å²) < 4.78 is 5.16. The molecule has 1 unspecified atom stereocenters. The molecule has 2 aromatic rings. The molecule has 25 heavy (non-hydrogen) atoms. The Morgan fingerprint density at radius 2 is 1.76 bits per heavy atom. The van der Waals surface area contributed by atoms with Crippen LogP contribution in [-0.2, 0) is 11.3 Å². The van der Waals surface area contributed by atoms with E-state index in [1.165, 1.54) is 6.20 Å². The minimum absolute atomic E-state index is 0.120. The Hall–Kier alpha value is -3.34. The number of nitrogens with one attached hydrogen (secondary N) is 1. The van der Waals surface area contributed by atoms with Gasteiger partial charge in [-0.2, -0.15) is 0 Å². The molecular formula is C20H18N2O3. The molecule has 1 heterocycles. The maximum atomic E-state index is 12.1. The van der Waals surface area contributed by atoms with Crippen molar-refractivity contribution in [1.82, 2.24) is 10.2 Å². The molecule has 0 radical (unpaired) electrons. The smallest absolute Gasteiger partial charge is 0.422 e. The van der Waals surface area contributed by atoms with Gasteiger partial charge in [0.25, 0.3) is 0 Å². The first-order valence-electron chi connectivity index (χ1n) is 7.94. The van der Waals surface area contributed by atoms with Gasteiger partial charge in [-0.15, -0.1) is 0 Å². The molecule has 0 aromatic heterocycles. The number of hydrogen-bond donors (Lipinski definition) is 1. The highest BCUT2D eigenvalue weighted by atomic mass is 16.6. The third kappa shape index (κ3) is 4.57. The Balaban J connectivity index is 1.57. The van der Waals surface area contributed by atoms with Gasteiger partial charge in [0.05, 0.1) is 6.04 Å². The van der Waals surface area contributed by atoms with Crippen LogP contribution in [0.15, 0.2) is 79.0 Å². The van der Waals surface area contributed by atoms with Crippen LogP contribution in [0.5, 0.6) is 0 Å². The van der Waals surface area contributed by atoms with E-state index in [2.05, 4.69) is 5.32 Å². The summed E-state index contributed by atoms with van der Waals surface area (Å²) in [7, 11) is 0. The van der Waals surface area contributed by atoms with Crippen LogP contribution in [-0.4, -0.2) is 23.1 Å². The van der Waals surface area contributed by atoms with Crippen molar-refractivity contribution in [2.75, 3.05) is 0 Å². The Labute approximate surface area is 146 Å². The lowest BCUT2D eigenvalue weighted by Crippen LogP contribution is -2.47. The van der Waals surface area contributed by atoms with Crippen LogP contribution in [0.4, 0.5) is 9.59 Å². The summed E-state index contributed by atoms with van der Waals surface area (Å²) in [5.74, 6) is 0. The fraction of sp³-hybridized carbons (Fsp3) is 0.100. The van der Waals surface area contributed by atoms with Crippen LogP contribution in [0.1, 0.15) is 11.1 Å². The number of urea groups is 1. The molecule has 3 amide bonds. The fourth-order valence-corrected chi connectivity index (χ4v) is 2.33. The quantitative estimate of drug-likeness (QED) is 0.921. The van der Waals surface area contributed by atoms with E-state index in [-0.39, 0.29) is 12.6 Å². The van der Waals surface area contributed by atoms with Crippen molar-refractivity contribution < 1.29 is 14.3 Å². The van der Waals surface area contributed by atoms with E-state index in [9.17, 15) is 9.59 Å². The molecule has 0 bridgehead atoms. The van der Waals surface area contributed by atoms with Gasteiger partial charge in [0, 0.05) is 6.20 Å². The van der Waals surface area contributed by atoms with Gasteiger partial charge in [-0.1, -0.05) is 72.8 Å². The number of nitrogens with zero attached hydrogens (tertiary/aromatic N) is 1. The molecule has 0 saturated carbocycles. The lowest BCUT2D eigenvalue weighted by atomic mass is 10.1. The third-order valence-electron chi connectivity index (χ3n) is 3.65.